The average molecular weight is 477 g/mol. The number of hydrogen-bond donors (Lipinski definition) is 0. The van der Waals surface area contributed by atoms with Crippen molar-refractivity contribution in [2.75, 3.05) is 25.2 Å². The van der Waals surface area contributed by atoms with Gasteiger partial charge >= 0.3 is 0 Å². The summed E-state index contributed by atoms with van der Waals surface area (Å²) in [5.41, 5.74) is 2.57. The molecule has 1 saturated heterocycles. The molecule has 0 bridgehead atoms. The monoisotopic (exact) mass is 476 g/mol. The molecular weight excluding hydrogens is 448 g/mol. The molecule has 8 heteroatoms. The van der Waals surface area contributed by atoms with E-state index in [1.165, 1.54) is 4.90 Å². The number of ether oxygens (including phenoxy) is 2. The molecular formula is C27H28N2O6. The van der Waals surface area contributed by atoms with E-state index < -0.39 is 29.6 Å². The van der Waals surface area contributed by atoms with E-state index in [4.69, 9.17) is 14.0 Å². The van der Waals surface area contributed by atoms with Gasteiger partial charge in [-0.05, 0) is 25.1 Å². The standard InChI is InChI=1S/C27H28N2O6/c1-16(2)25(30)23-24(20-7-5-6-8-22(20)34-14-13-33-4)29(27(32)26(23)31)19-11-9-18(10-12-19)21-15-17(3)35-28-21/h5-12,15-16,23-24H,13-14H2,1-4H3. The van der Waals surface area contributed by atoms with E-state index in [0.29, 0.717) is 35.1 Å². The lowest BCUT2D eigenvalue weighted by Gasteiger charge is -2.29. The molecule has 3 aromatic rings. The predicted octanol–water partition coefficient (Wildman–Crippen LogP) is 4.17. The van der Waals surface area contributed by atoms with Gasteiger partial charge in [-0.1, -0.05) is 49.3 Å². The molecule has 4 rings (SSSR count). The quantitative estimate of drug-likeness (QED) is 0.260. The second-order valence-corrected chi connectivity index (χ2v) is 8.77. The minimum Gasteiger partial charge on any atom is -0.491 e. The van der Waals surface area contributed by atoms with Crippen LogP contribution in [0.1, 0.15) is 31.2 Å². The van der Waals surface area contributed by atoms with Crippen molar-refractivity contribution >= 4 is 23.2 Å². The molecule has 0 aliphatic carbocycles. The number of benzene rings is 2. The molecule has 1 aromatic heterocycles. The number of aromatic nitrogens is 1. The van der Waals surface area contributed by atoms with Crippen molar-refractivity contribution in [3.05, 3.63) is 65.9 Å². The zero-order chi connectivity index (χ0) is 25.1. The minimum absolute atomic E-state index is 0.280. The molecule has 1 amide bonds. The number of hydrogen-bond acceptors (Lipinski definition) is 7. The number of amides is 1. The van der Waals surface area contributed by atoms with Gasteiger partial charge in [0.15, 0.2) is 0 Å². The number of ketones is 2. The minimum atomic E-state index is -1.13. The van der Waals surface area contributed by atoms with Crippen LogP contribution in [0.25, 0.3) is 11.3 Å². The van der Waals surface area contributed by atoms with Crippen LogP contribution in [-0.4, -0.2) is 43.0 Å². The smallest absolute Gasteiger partial charge is 0.295 e. The van der Waals surface area contributed by atoms with E-state index in [0.717, 1.165) is 5.56 Å². The fourth-order valence-corrected chi connectivity index (χ4v) is 4.30. The van der Waals surface area contributed by atoms with E-state index in [-0.39, 0.29) is 12.4 Å². The normalized spacial score (nSPS) is 17.9. The Kier molecular flexibility index (Phi) is 7.12. The molecule has 2 heterocycles. The van der Waals surface area contributed by atoms with Crippen LogP contribution in [0.5, 0.6) is 5.75 Å². The highest BCUT2D eigenvalue weighted by atomic mass is 16.5. The van der Waals surface area contributed by atoms with E-state index in [1.807, 2.05) is 19.1 Å². The number of rotatable bonds is 9. The first-order valence-corrected chi connectivity index (χ1v) is 11.5. The predicted molar refractivity (Wildman–Crippen MR) is 129 cm³/mol. The summed E-state index contributed by atoms with van der Waals surface area (Å²) in [7, 11) is 1.58. The van der Waals surface area contributed by atoms with Gasteiger partial charge in [0.05, 0.1) is 12.6 Å². The number of aryl methyl sites for hydroxylation is 1. The number of carbonyl (C=O) groups is 3. The van der Waals surface area contributed by atoms with Crippen molar-refractivity contribution in [2.24, 2.45) is 11.8 Å². The molecule has 1 aliphatic heterocycles. The van der Waals surface area contributed by atoms with Crippen LogP contribution in [0, 0.1) is 18.8 Å². The van der Waals surface area contributed by atoms with Crippen LogP contribution >= 0.6 is 0 Å². The van der Waals surface area contributed by atoms with E-state index in [9.17, 15) is 14.4 Å². The van der Waals surface area contributed by atoms with Gasteiger partial charge < -0.3 is 14.0 Å². The Bertz CT molecular complexity index is 1230. The highest BCUT2D eigenvalue weighted by Crippen LogP contribution is 2.44. The van der Waals surface area contributed by atoms with Crippen molar-refractivity contribution < 1.29 is 28.4 Å². The van der Waals surface area contributed by atoms with Crippen molar-refractivity contribution in [3.63, 3.8) is 0 Å². The Hall–Kier alpha value is -3.78. The van der Waals surface area contributed by atoms with E-state index in [1.54, 1.807) is 63.4 Å². The molecule has 35 heavy (non-hydrogen) atoms. The topological polar surface area (TPSA) is 98.9 Å². The average Bonchev–Trinajstić information content (AvgIpc) is 3.40. The molecule has 0 spiro atoms. The summed E-state index contributed by atoms with van der Waals surface area (Å²) >= 11 is 0. The van der Waals surface area contributed by atoms with Crippen LogP contribution in [0.15, 0.2) is 59.1 Å². The first kappa shape index (κ1) is 24.3. The van der Waals surface area contributed by atoms with Gasteiger partial charge in [0.25, 0.3) is 5.91 Å². The second kappa shape index (κ2) is 10.2. The Labute approximate surface area is 203 Å². The Morgan fingerprint density at radius 1 is 1.09 bits per heavy atom. The third kappa shape index (κ3) is 4.74. The zero-order valence-electron chi connectivity index (χ0n) is 20.2. The maximum absolute atomic E-state index is 13.3. The van der Waals surface area contributed by atoms with Crippen LogP contribution in [-0.2, 0) is 19.1 Å². The zero-order valence-corrected chi connectivity index (χ0v) is 20.2. The molecule has 0 radical (unpaired) electrons. The lowest BCUT2D eigenvalue weighted by molar-refractivity contribution is -0.139. The van der Waals surface area contributed by atoms with Crippen molar-refractivity contribution in [2.45, 2.75) is 26.8 Å². The number of para-hydroxylation sites is 1. The molecule has 2 unspecified atom stereocenters. The van der Waals surface area contributed by atoms with E-state index >= 15 is 0 Å². The lowest BCUT2D eigenvalue weighted by atomic mass is 9.84. The van der Waals surface area contributed by atoms with Gasteiger partial charge in [0, 0.05) is 35.9 Å². The molecule has 2 atom stereocenters. The van der Waals surface area contributed by atoms with Crippen LogP contribution in [0.3, 0.4) is 0 Å². The number of methoxy groups -OCH3 is 1. The summed E-state index contributed by atoms with van der Waals surface area (Å²) in [4.78, 5) is 41.1. The Balaban J connectivity index is 1.79. The Morgan fingerprint density at radius 3 is 2.43 bits per heavy atom. The van der Waals surface area contributed by atoms with Crippen molar-refractivity contribution in [3.8, 4) is 17.0 Å². The molecule has 182 valence electrons. The van der Waals surface area contributed by atoms with Gasteiger partial charge in [-0.3, -0.25) is 19.3 Å². The summed E-state index contributed by atoms with van der Waals surface area (Å²) in [5, 5.41) is 4.02. The molecule has 2 aromatic carbocycles. The SMILES string of the molecule is COCCOc1ccccc1C1C(C(=O)C(C)C)C(=O)C(=O)N1c1ccc(-c2cc(C)on2)cc1. The second-order valence-electron chi connectivity index (χ2n) is 8.77. The Morgan fingerprint density at radius 2 is 1.80 bits per heavy atom. The molecule has 1 fully saturated rings. The maximum atomic E-state index is 13.3. The number of nitrogens with zero attached hydrogens (tertiary/aromatic N) is 2. The summed E-state index contributed by atoms with van der Waals surface area (Å²) in [6.45, 7) is 5.93. The van der Waals surface area contributed by atoms with Crippen LogP contribution < -0.4 is 9.64 Å². The summed E-state index contributed by atoms with van der Waals surface area (Å²) < 4.78 is 16.1. The van der Waals surface area contributed by atoms with Gasteiger partial charge in [-0.25, -0.2) is 0 Å². The number of Topliss-reactive ketones (excluding diaryl/α,β-unsaturated/α-hetero) is 2. The number of anilines is 1. The van der Waals surface area contributed by atoms with Gasteiger partial charge in [0.1, 0.15) is 35.5 Å². The number of carbonyl (C=O) groups excluding carboxylic acids is 3. The molecule has 1 aliphatic rings. The summed E-state index contributed by atoms with van der Waals surface area (Å²) in [6, 6.07) is 15.3. The maximum Gasteiger partial charge on any atom is 0.295 e. The van der Waals surface area contributed by atoms with Gasteiger partial charge in [-0.2, -0.15) is 0 Å². The van der Waals surface area contributed by atoms with E-state index in [2.05, 4.69) is 5.16 Å². The highest BCUT2D eigenvalue weighted by molar-refractivity contribution is 6.48. The van der Waals surface area contributed by atoms with Crippen molar-refractivity contribution in [1.82, 2.24) is 5.16 Å². The van der Waals surface area contributed by atoms with Crippen LogP contribution in [0.2, 0.25) is 0 Å². The molecule has 0 saturated carbocycles. The third-order valence-corrected chi connectivity index (χ3v) is 6.03. The largest absolute Gasteiger partial charge is 0.491 e. The molecule has 0 N–H and O–H groups in total. The first-order chi connectivity index (χ1) is 16.8. The van der Waals surface area contributed by atoms with Gasteiger partial charge in [0.2, 0.25) is 5.78 Å². The third-order valence-electron chi connectivity index (χ3n) is 6.03. The summed E-state index contributed by atoms with van der Waals surface area (Å²) in [5.74, 6) is -2.08. The fraction of sp³-hybridized carbons (Fsp3) is 0.333. The first-order valence-electron chi connectivity index (χ1n) is 11.5. The van der Waals surface area contributed by atoms with Gasteiger partial charge in [-0.15, -0.1) is 0 Å². The summed E-state index contributed by atoms with van der Waals surface area (Å²) in [6.07, 6.45) is 0. The highest BCUT2D eigenvalue weighted by Gasteiger charge is 2.53. The lowest BCUT2D eigenvalue weighted by Crippen LogP contribution is -2.32. The van der Waals surface area contributed by atoms with Crippen molar-refractivity contribution in [1.29, 1.82) is 0 Å². The fourth-order valence-electron chi connectivity index (χ4n) is 4.30. The molecule has 8 nitrogen and oxygen atoms in total. The van der Waals surface area contributed by atoms with Crippen LogP contribution in [0.4, 0.5) is 5.69 Å².